The molecule has 122 heavy (non-hydrogen) atoms. The fraction of sp³-hybridized carbons (Fsp3) is 0.109. The third-order valence-corrected chi connectivity index (χ3v) is 26.5. The second kappa shape index (κ2) is 26.4. The maximum absolute atomic E-state index is 18.4. The van der Waals surface area contributed by atoms with Gasteiger partial charge in [-0.05, 0) is 265 Å². The summed E-state index contributed by atoms with van der Waals surface area (Å²) >= 11 is 0. The molecule has 20 aromatic rings. The molecule has 590 valence electrons. The number of aromatic nitrogens is 1. The Morgan fingerprint density at radius 2 is 0.877 bits per heavy atom. The van der Waals surface area contributed by atoms with Gasteiger partial charge in [0.05, 0.1) is 16.7 Å². The van der Waals surface area contributed by atoms with Crippen molar-refractivity contribution in [2.45, 2.75) is 75.9 Å². The van der Waals surface area contributed by atoms with E-state index in [2.05, 4.69) is 83.4 Å². The first-order valence-electron chi connectivity index (χ1n) is 41.1. The third kappa shape index (κ3) is 11.0. The first kappa shape index (κ1) is 73.1. The van der Waals surface area contributed by atoms with Crippen LogP contribution in [0.15, 0.2) is 332 Å². The summed E-state index contributed by atoms with van der Waals surface area (Å²) in [5, 5.41) is 13.1. The number of para-hydroxylation sites is 2. The zero-order valence-corrected chi connectivity index (χ0v) is 66.4. The van der Waals surface area contributed by atoms with E-state index >= 15 is 26.3 Å². The molecule has 23 rings (SSSR count). The number of hydrogen-bond acceptors (Lipinski definition) is 3. The predicted octanol–water partition coefficient (Wildman–Crippen LogP) is 31.3. The largest absolute Gasteiger partial charge is 0.586 e. The van der Waals surface area contributed by atoms with E-state index in [4.69, 9.17) is 13.9 Å². The van der Waals surface area contributed by atoms with Crippen molar-refractivity contribution in [2.24, 2.45) is 0 Å². The highest BCUT2D eigenvalue weighted by molar-refractivity contribution is 6.23. The van der Waals surface area contributed by atoms with E-state index in [1.165, 1.54) is 12.1 Å². The summed E-state index contributed by atoms with van der Waals surface area (Å²) < 4.78 is 149. The van der Waals surface area contributed by atoms with Crippen LogP contribution in [-0.4, -0.2) is 17.0 Å². The Morgan fingerprint density at radius 1 is 0.344 bits per heavy atom. The summed E-state index contributed by atoms with van der Waals surface area (Å²) in [6.07, 6.45) is -9.60. The van der Waals surface area contributed by atoms with Gasteiger partial charge in [-0.2, -0.15) is 22.0 Å². The van der Waals surface area contributed by atoms with Crippen molar-refractivity contribution in [2.75, 3.05) is 0 Å². The molecular weight excluding hydrogens is 1540 g/mol. The normalized spacial score (nSPS) is 16.4. The van der Waals surface area contributed by atoms with Crippen LogP contribution in [0.1, 0.15) is 76.3 Å². The Morgan fingerprint density at radius 3 is 1.61 bits per heavy atom. The van der Waals surface area contributed by atoms with Crippen LogP contribution >= 0.6 is 0 Å². The minimum Gasteiger partial charge on any atom is -0.456 e. The van der Waals surface area contributed by atoms with Crippen LogP contribution in [0.4, 0.5) is 35.1 Å². The molecule has 0 spiro atoms. The Hall–Kier alpha value is -14.1. The fourth-order valence-corrected chi connectivity index (χ4v) is 21.0. The number of alkyl halides is 8. The predicted molar refractivity (Wildman–Crippen MR) is 477 cm³/mol. The number of fused-ring (bicyclic) bond motifs is 15. The van der Waals surface area contributed by atoms with Crippen LogP contribution in [0.3, 0.4) is 0 Å². The second-order valence-corrected chi connectivity index (χ2v) is 33.7. The van der Waals surface area contributed by atoms with Gasteiger partial charge in [0, 0.05) is 55.5 Å². The number of hydrogen-bond donors (Lipinski definition) is 0. The average Bonchev–Trinajstić information content (AvgIpc) is 1.32. The van der Waals surface area contributed by atoms with E-state index in [9.17, 15) is 8.78 Å². The van der Waals surface area contributed by atoms with E-state index in [-0.39, 0.29) is 34.6 Å². The highest BCUT2D eigenvalue weighted by atomic mass is 19.4. The highest BCUT2D eigenvalue weighted by Gasteiger charge is 2.61. The van der Waals surface area contributed by atoms with Gasteiger partial charge in [-0.3, -0.25) is 0 Å². The van der Waals surface area contributed by atoms with Crippen LogP contribution in [0.25, 0.3) is 181 Å². The Bertz CT molecular complexity index is 7860. The molecule has 0 saturated carbocycles. The number of aryl methyl sites for hydroxylation is 2. The van der Waals surface area contributed by atoms with Crippen molar-refractivity contribution < 1.29 is 49.0 Å². The summed E-state index contributed by atoms with van der Waals surface area (Å²) in [5.41, 5.74) is 14.3. The number of nitrogens with zero attached hydrogens (tertiary/aromatic N) is 1. The molecule has 2 aliphatic carbocycles. The SMILES string of the molecule is Cc1cc(C2Cc3ccc(-c4cc(-c5ccc6oc7ccccc7c6c5)c5ccccc5c4)cc3C(F)(C(F)(F)F)C2)cc(C)c1-c1c2ccccc2c(-c2ccc3c(c2)C(F)(F)c2ccc(-c4cccc5c4c4ccccc4n5-c4ccc(-c5ccc(-c6ccc7c(c6)OC(F)(F)O7)c6ccccc56)c5ccccc45)cc2C3(C)C)c2ccccc12. The maximum atomic E-state index is 18.4. The Labute approximate surface area is 695 Å². The van der Waals surface area contributed by atoms with Gasteiger partial charge in [0.1, 0.15) is 11.2 Å². The van der Waals surface area contributed by atoms with Crippen LogP contribution in [0.2, 0.25) is 0 Å². The lowest BCUT2D eigenvalue weighted by atomic mass is 9.66. The number of furan rings is 1. The highest BCUT2D eigenvalue weighted by Crippen LogP contribution is 2.59. The van der Waals surface area contributed by atoms with Crippen molar-refractivity contribution in [3.63, 3.8) is 0 Å². The van der Waals surface area contributed by atoms with E-state index in [1.807, 2.05) is 234 Å². The van der Waals surface area contributed by atoms with Crippen LogP contribution in [-0.2, 0) is 23.4 Å². The van der Waals surface area contributed by atoms with E-state index in [0.29, 0.717) is 44.5 Å². The maximum Gasteiger partial charge on any atom is 0.586 e. The molecule has 0 amide bonds. The topological polar surface area (TPSA) is 36.5 Å². The molecular formula is C110H71F8NO3. The summed E-state index contributed by atoms with van der Waals surface area (Å²) in [6, 6.07) is 106. The van der Waals surface area contributed by atoms with Crippen molar-refractivity contribution in [3.8, 4) is 95.1 Å². The Balaban J connectivity index is 0.572. The summed E-state index contributed by atoms with van der Waals surface area (Å²) in [7, 11) is 0. The monoisotopic (exact) mass is 1610 g/mol. The molecule has 3 heterocycles. The molecule has 12 heteroatoms. The van der Waals surface area contributed by atoms with E-state index in [0.717, 1.165) is 170 Å². The number of halogens is 8. The van der Waals surface area contributed by atoms with Crippen molar-refractivity contribution in [3.05, 3.63) is 378 Å². The molecule has 2 unspecified atom stereocenters. The van der Waals surface area contributed by atoms with Gasteiger partial charge in [-0.25, -0.2) is 4.39 Å². The smallest absolute Gasteiger partial charge is 0.456 e. The van der Waals surface area contributed by atoms with Gasteiger partial charge in [0.15, 0.2) is 11.5 Å². The minimum absolute atomic E-state index is 0.0190. The molecule has 0 fully saturated rings. The van der Waals surface area contributed by atoms with Gasteiger partial charge < -0.3 is 18.5 Å². The molecule has 2 atom stereocenters. The summed E-state index contributed by atoms with van der Waals surface area (Å²) in [5.74, 6) is -4.31. The minimum atomic E-state index is -5.24. The van der Waals surface area contributed by atoms with Crippen LogP contribution in [0.5, 0.6) is 11.5 Å². The molecule has 0 N–H and O–H groups in total. The van der Waals surface area contributed by atoms with Gasteiger partial charge >= 0.3 is 12.5 Å². The van der Waals surface area contributed by atoms with Crippen LogP contribution in [0, 0.1) is 13.8 Å². The van der Waals surface area contributed by atoms with Gasteiger partial charge in [0.2, 0.25) is 5.67 Å². The average molecular weight is 1610 g/mol. The molecule has 18 aromatic carbocycles. The van der Waals surface area contributed by atoms with E-state index < -0.39 is 41.8 Å². The van der Waals surface area contributed by atoms with E-state index in [1.54, 1.807) is 30.3 Å². The number of ether oxygens (including phenoxy) is 2. The molecule has 3 aliphatic rings. The summed E-state index contributed by atoms with van der Waals surface area (Å²) in [4.78, 5) is 0. The standard InChI is InChI=1S/C110H71F8NO3/c1-61-50-70(72-53-68-37-36-63(56-92(68)107(111,60-72)109(114,115)116)71-52-64-20-5-6-21-73(64)88(55-71)65-40-48-99-89(54-65)82-26-16-18-35-98(82)120-99)51-62(2)102(61)105-85-29-13-11-27-83(85)103(84-28-12-14-30-86(84)105)69-39-45-90-94(58-69)108(112,113)91-46-38-66(57-93(91)106(90,3)4)75-32-19-34-97-104(75)87-31-15-17-33-95(87)119(97)96-47-44-80(78-24-9-10-25-81(78)96)79-43-42-74(76-22-7-8-23-77(76)79)67-41-49-100-101(59-67)122-110(117,118)121-100/h5-52,54-59,72H,53,60H2,1-4H3. The molecule has 0 radical (unpaired) electrons. The zero-order valence-electron chi connectivity index (χ0n) is 66.4. The molecule has 2 aromatic heterocycles. The van der Waals surface area contributed by atoms with Gasteiger partial charge in [-0.15, -0.1) is 8.78 Å². The lowest BCUT2D eigenvalue weighted by Gasteiger charge is -2.40. The third-order valence-electron chi connectivity index (χ3n) is 26.5. The summed E-state index contributed by atoms with van der Waals surface area (Å²) in [6.45, 7) is 8.00. The Kier molecular flexibility index (Phi) is 15.8. The zero-order chi connectivity index (χ0) is 82.8. The number of benzene rings is 18. The van der Waals surface area contributed by atoms with Crippen molar-refractivity contribution >= 4 is 97.6 Å². The van der Waals surface area contributed by atoms with Crippen molar-refractivity contribution in [1.82, 2.24) is 4.57 Å². The molecule has 1 aliphatic heterocycles. The first-order valence-corrected chi connectivity index (χ1v) is 41.1. The van der Waals surface area contributed by atoms with Crippen LogP contribution < -0.4 is 9.47 Å². The lowest BCUT2D eigenvalue weighted by Crippen LogP contribution is -2.43. The lowest BCUT2D eigenvalue weighted by molar-refractivity contribution is -0.286. The number of rotatable bonds is 9. The van der Waals surface area contributed by atoms with Gasteiger partial charge in [0.25, 0.3) is 5.92 Å². The second-order valence-electron chi connectivity index (χ2n) is 33.7. The molecule has 4 nitrogen and oxygen atoms in total. The molecule has 0 saturated heterocycles. The van der Waals surface area contributed by atoms with Gasteiger partial charge in [-0.1, -0.05) is 263 Å². The quantitative estimate of drug-likeness (QED) is 0.107. The fourth-order valence-electron chi connectivity index (χ4n) is 21.0. The molecule has 0 bridgehead atoms. The first-order chi connectivity index (χ1) is 59.0. The van der Waals surface area contributed by atoms with Crippen molar-refractivity contribution in [1.29, 1.82) is 0 Å².